The predicted molar refractivity (Wildman–Crippen MR) is 135 cm³/mol. The standard InChI is InChI=1S/C24H29ClN4O3Si/c1-31-23-22(19-11-13-26-14-12-19)28-29(17-32-15-16-33(2,3)4)24(23)27-21(30)10-7-18-5-8-20(25)9-6-18/h5-14H,15-17H2,1-4H3,(H,27,30). The lowest BCUT2D eigenvalue weighted by Crippen LogP contribution is -2.22. The molecule has 174 valence electrons. The molecule has 1 amide bonds. The van der Waals surface area contributed by atoms with Gasteiger partial charge in [0.1, 0.15) is 12.4 Å². The van der Waals surface area contributed by atoms with Gasteiger partial charge in [-0.05, 0) is 41.9 Å². The van der Waals surface area contributed by atoms with Crippen LogP contribution in [-0.2, 0) is 16.3 Å². The molecule has 0 aliphatic heterocycles. The zero-order chi connectivity index (χ0) is 23.8. The molecule has 0 aliphatic rings. The van der Waals surface area contributed by atoms with Crippen molar-refractivity contribution >= 4 is 37.5 Å². The normalized spacial score (nSPS) is 11.7. The van der Waals surface area contributed by atoms with Gasteiger partial charge in [0, 0.05) is 43.7 Å². The zero-order valence-corrected chi connectivity index (χ0v) is 21.1. The predicted octanol–water partition coefficient (Wildman–Crippen LogP) is 5.57. The molecule has 2 heterocycles. The lowest BCUT2D eigenvalue weighted by molar-refractivity contribution is -0.111. The van der Waals surface area contributed by atoms with E-state index in [9.17, 15) is 4.79 Å². The number of benzene rings is 1. The second-order valence-corrected chi connectivity index (χ2v) is 14.7. The highest BCUT2D eigenvalue weighted by Crippen LogP contribution is 2.36. The van der Waals surface area contributed by atoms with Crippen LogP contribution in [0.25, 0.3) is 17.3 Å². The summed E-state index contributed by atoms with van der Waals surface area (Å²) in [6, 6.07) is 11.9. The Bertz CT molecular complexity index is 1090. The summed E-state index contributed by atoms with van der Waals surface area (Å²) >= 11 is 5.92. The fourth-order valence-corrected chi connectivity index (χ4v) is 3.87. The highest BCUT2D eigenvalue weighted by Gasteiger charge is 2.22. The first-order valence-electron chi connectivity index (χ1n) is 10.6. The van der Waals surface area contributed by atoms with Crippen LogP contribution in [0, 0.1) is 0 Å². The van der Waals surface area contributed by atoms with Gasteiger partial charge in [-0.3, -0.25) is 9.78 Å². The van der Waals surface area contributed by atoms with E-state index in [-0.39, 0.29) is 12.6 Å². The number of carbonyl (C=O) groups is 1. The monoisotopic (exact) mass is 484 g/mol. The fraction of sp³-hybridized carbons (Fsp3) is 0.292. The number of carbonyl (C=O) groups excluding carboxylic acids is 1. The molecule has 33 heavy (non-hydrogen) atoms. The van der Waals surface area contributed by atoms with Crippen LogP contribution >= 0.6 is 11.6 Å². The van der Waals surface area contributed by atoms with Gasteiger partial charge < -0.3 is 14.8 Å². The topological polar surface area (TPSA) is 78.3 Å². The number of pyridine rings is 1. The third kappa shape index (κ3) is 7.28. The minimum Gasteiger partial charge on any atom is -0.491 e. The van der Waals surface area contributed by atoms with Crippen molar-refractivity contribution in [1.82, 2.24) is 14.8 Å². The average Bonchev–Trinajstić information content (AvgIpc) is 3.13. The van der Waals surface area contributed by atoms with Crippen molar-refractivity contribution in [2.24, 2.45) is 0 Å². The first-order valence-corrected chi connectivity index (χ1v) is 14.7. The number of hydrogen-bond acceptors (Lipinski definition) is 5. The summed E-state index contributed by atoms with van der Waals surface area (Å²) < 4.78 is 13.2. The number of amides is 1. The van der Waals surface area contributed by atoms with Gasteiger partial charge in [0.25, 0.3) is 0 Å². The summed E-state index contributed by atoms with van der Waals surface area (Å²) in [4.78, 5) is 16.8. The van der Waals surface area contributed by atoms with Gasteiger partial charge in [-0.2, -0.15) is 5.10 Å². The van der Waals surface area contributed by atoms with E-state index in [1.807, 2.05) is 24.3 Å². The Morgan fingerprint density at radius 3 is 2.48 bits per heavy atom. The number of halogens is 1. The number of nitrogens with one attached hydrogen (secondary N) is 1. The van der Waals surface area contributed by atoms with Gasteiger partial charge in [-0.25, -0.2) is 4.68 Å². The minimum absolute atomic E-state index is 0.197. The van der Waals surface area contributed by atoms with E-state index in [2.05, 4.69) is 35.0 Å². The van der Waals surface area contributed by atoms with Crippen molar-refractivity contribution in [3.8, 4) is 17.0 Å². The number of methoxy groups -OCH3 is 1. The molecular formula is C24H29ClN4O3Si. The maximum atomic E-state index is 12.7. The molecule has 3 aromatic rings. The molecule has 0 fully saturated rings. The SMILES string of the molecule is COc1c(-c2ccncc2)nn(COCC[Si](C)(C)C)c1NC(=O)C=Cc1ccc(Cl)cc1. The molecular weight excluding hydrogens is 456 g/mol. The van der Waals surface area contributed by atoms with Crippen LogP contribution < -0.4 is 10.1 Å². The van der Waals surface area contributed by atoms with Gasteiger partial charge in [-0.1, -0.05) is 43.4 Å². The van der Waals surface area contributed by atoms with Crippen LogP contribution in [0.2, 0.25) is 30.7 Å². The second kappa shape index (κ2) is 11.3. The van der Waals surface area contributed by atoms with Gasteiger partial charge in [0.2, 0.25) is 5.91 Å². The van der Waals surface area contributed by atoms with E-state index in [1.54, 1.807) is 42.4 Å². The van der Waals surface area contributed by atoms with Gasteiger partial charge in [-0.15, -0.1) is 0 Å². The molecule has 1 N–H and O–H groups in total. The minimum atomic E-state index is -1.22. The molecule has 3 rings (SSSR count). The van der Waals surface area contributed by atoms with E-state index in [0.717, 1.165) is 17.2 Å². The Labute approximate surface area is 200 Å². The van der Waals surface area contributed by atoms with E-state index >= 15 is 0 Å². The molecule has 1 aromatic carbocycles. The van der Waals surface area contributed by atoms with Crippen LogP contribution in [0.5, 0.6) is 5.75 Å². The van der Waals surface area contributed by atoms with Gasteiger partial charge in [0.15, 0.2) is 11.6 Å². The summed E-state index contributed by atoms with van der Waals surface area (Å²) in [6.07, 6.45) is 6.54. The highest BCUT2D eigenvalue weighted by atomic mass is 35.5. The molecule has 0 saturated heterocycles. The Morgan fingerprint density at radius 2 is 1.85 bits per heavy atom. The van der Waals surface area contributed by atoms with Crippen molar-refractivity contribution in [2.75, 3.05) is 19.0 Å². The van der Waals surface area contributed by atoms with Crippen molar-refractivity contribution in [1.29, 1.82) is 0 Å². The van der Waals surface area contributed by atoms with Crippen LogP contribution in [0.1, 0.15) is 5.56 Å². The Morgan fingerprint density at radius 1 is 1.15 bits per heavy atom. The summed E-state index contributed by atoms with van der Waals surface area (Å²) in [7, 11) is 0.332. The largest absolute Gasteiger partial charge is 0.491 e. The summed E-state index contributed by atoms with van der Waals surface area (Å²) in [5.74, 6) is 0.582. The van der Waals surface area contributed by atoms with Gasteiger partial charge >= 0.3 is 0 Å². The lowest BCUT2D eigenvalue weighted by Gasteiger charge is -2.16. The van der Waals surface area contributed by atoms with Crippen molar-refractivity contribution in [2.45, 2.75) is 32.4 Å². The zero-order valence-electron chi connectivity index (χ0n) is 19.3. The number of nitrogens with zero attached hydrogens (tertiary/aromatic N) is 3. The molecule has 2 aromatic heterocycles. The Hall–Kier alpha value is -2.94. The van der Waals surface area contributed by atoms with Gasteiger partial charge in [0.05, 0.1) is 7.11 Å². The fourth-order valence-electron chi connectivity index (χ4n) is 2.99. The maximum absolute atomic E-state index is 12.7. The molecule has 0 unspecified atom stereocenters. The van der Waals surface area contributed by atoms with E-state index in [4.69, 9.17) is 21.1 Å². The van der Waals surface area contributed by atoms with E-state index < -0.39 is 8.07 Å². The first-order chi connectivity index (χ1) is 15.8. The number of rotatable bonds is 10. The maximum Gasteiger partial charge on any atom is 0.249 e. The molecule has 0 bridgehead atoms. The van der Waals surface area contributed by atoms with Crippen LogP contribution in [0.4, 0.5) is 5.82 Å². The molecule has 0 saturated carbocycles. The quantitative estimate of drug-likeness (QED) is 0.231. The Kier molecular flexibility index (Phi) is 8.43. The third-order valence-electron chi connectivity index (χ3n) is 4.82. The summed E-state index contributed by atoms with van der Waals surface area (Å²) in [6.45, 7) is 7.73. The number of anilines is 1. The molecule has 0 radical (unpaired) electrons. The van der Waals surface area contributed by atoms with Crippen molar-refractivity contribution < 1.29 is 14.3 Å². The van der Waals surface area contributed by atoms with Crippen LogP contribution in [-0.4, -0.2) is 42.5 Å². The Balaban J connectivity index is 1.84. The van der Waals surface area contributed by atoms with Crippen molar-refractivity contribution in [3.05, 3.63) is 65.5 Å². The summed E-state index contributed by atoms with van der Waals surface area (Å²) in [5.41, 5.74) is 2.29. The molecule has 0 atom stereocenters. The van der Waals surface area contributed by atoms with E-state index in [1.165, 1.54) is 6.08 Å². The molecule has 9 heteroatoms. The lowest BCUT2D eigenvalue weighted by atomic mass is 10.2. The average molecular weight is 485 g/mol. The third-order valence-corrected chi connectivity index (χ3v) is 6.77. The molecule has 0 spiro atoms. The summed E-state index contributed by atoms with van der Waals surface area (Å²) in [5, 5.41) is 8.20. The van der Waals surface area contributed by atoms with E-state index in [0.29, 0.717) is 28.9 Å². The smallest absolute Gasteiger partial charge is 0.249 e. The first kappa shape index (κ1) is 24.7. The number of ether oxygens (including phenoxy) is 2. The molecule has 7 nitrogen and oxygen atoms in total. The van der Waals surface area contributed by atoms with Crippen molar-refractivity contribution in [3.63, 3.8) is 0 Å². The highest BCUT2D eigenvalue weighted by molar-refractivity contribution is 6.76. The second-order valence-electron chi connectivity index (χ2n) is 8.69. The molecule has 0 aliphatic carbocycles. The number of aromatic nitrogens is 3. The number of hydrogen-bond donors (Lipinski definition) is 1. The van der Waals surface area contributed by atoms with Crippen LogP contribution in [0.15, 0.2) is 54.9 Å². The van der Waals surface area contributed by atoms with Crippen LogP contribution in [0.3, 0.4) is 0 Å².